The van der Waals surface area contributed by atoms with Gasteiger partial charge in [-0.3, -0.25) is 9.67 Å². The lowest BCUT2D eigenvalue weighted by Crippen LogP contribution is -2.36. The molecule has 6 nitrogen and oxygen atoms in total. The van der Waals surface area contributed by atoms with Crippen LogP contribution in [-0.2, 0) is 20.1 Å². The Balaban J connectivity index is 0.00000225. The third-order valence-electron chi connectivity index (χ3n) is 4.17. The molecule has 1 saturated carbocycles. The molecule has 25 heavy (non-hydrogen) atoms. The first-order chi connectivity index (χ1) is 11.8. The van der Waals surface area contributed by atoms with Crippen molar-refractivity contribution in [1.82, 2.24) is 20.4 Å². The van der Waals surface area contributed by atoms with Gasteiger partial charge in [0.1, 0.15) is 5.75 Å². The van der Waals surface area contributed by atoms with Gasteiger partial charge < -0.3 is 15.4 Å². The van der Waals surface area contributed by atoms with E-state index in [1.54, 1.807) is 13.2 Å². The fourth-order valence-corrected chi connectivity index (χ4v) is 2.43. The zero-order valence-electron chi connectivity index (χ0n) is 14.7. The predicted octanol–water partition coefficient (Wildman–Crippen LogP) is 2.69. The van der Waals surface area contributed by atoms with Crippen molar-refractivity contribution in [2.75, 3.05) is 13.7 Å². The molecule has 3 rings (SSSR count). The molecule has 136 valence electrons. The number of aromatic nitrogens is 2. The van der Waals surface area contributed by atoms with Gasteiger partial charge in [0, 0.05) is 32.4 Å². The number of nitrogens with one attached hydrogen (secondary N) is 2. The van der Waals surface area contributed by atoms with Gasteiger partial charge in [-0.2, -0.15) is 5.10 Å². The Labute approximate surface area is 166 Å². The van der Waals surface area contributed by atoms with E-state index in [1.807, 2.05) is 36.0 Å². The van der Waals surface area contributed by atoms with Crippen molar-refractivity contribution >= 4 is 29.9 Å². The molecule has 1 fully saturated rings. The fraction of sp³-hybridized carbons (Fsp3) is 0.444. The first-order valence-corrected chi connectivity index (χ1v) is 8.38. The van der Waals surface area contributed by atoms with Gasteiger partial charge in [0.15, 0.2) is 5.96 Å². The van der Waals surface area contributed by atoms with Crippen LogP contribution < -0.4 is 15.4 Å². The maximum absolute atomic E-state index is 5.95. The van der Waals surface area contributed by atoms with E-state index in [-0.39, 0.29) is 24.0 Å². The van der Waals surface area contributed by atoms with Gasteiger partial charge in [-0.25, -0.2) is 0 Å². The highest BCUT2D eigenvalue weighted by Gasteiger charge is 2.22. The van der Waals surface area contributed by atoms with Crippen LogP contribution in [0.1, 0.15) is 24.1 Å². The summed E-state index contributed by atoms with van der Waals surface area (Å²) < 4.78 is 7.80. The molecule has 2 N–H and O–H groups in total. The van der Waals surface area contributed by atoms with Crippen LogP contribution in [0.3, 0.4) is 0 Å². The molecule has 2 aromatic rings. The summed E-state index contributed by atoms with van der Waals surface area (Å²) in [5.41, 5.74) is 2.24. The fourth-order valence-electron chi connectivity index (χ4n) is 2.43. The molecule has 1 aromatic carbocycles. The molecular formula is C18H26IN5O. The number of nitrogens with zero attached hydrogens (tertiary/aromatic N) is 3. The third kappa shape index (κ3) is 5.91. The zero-order chi connectivity index (χ0) is 16.8. The van der Waals surface area contributed by atoms with Crippen molar-refractivity contribution in [3.8, 4) is 5.75 Å². The monoisotopic (exact) mass is 455 g/mol. The predicted molar refractivity (Wildman–Crippen MR) is 110 cm³/mol. The highest BCUT2D eigenvalue weighted by atomic mass is 127. The Morgan fingerprint density at radius 2 is 2.00 bits per heavy atom. The second kappa shape index (κ2) is 9.65. The maximum Gasteiger partial charge on any atom is 0.191 e. The summed E-state index contributed by atoms with van der Waals surface area (Å²) in [7, 11) is 3.70. The molecule has 0 unspecified atom stereocenters. The first kappa shape index (κ1) is 19.6. The summed E-state index contributed by atoms with van der Waals surface area (Å²) in [6.45, 7) is 2.17. The smallest absolute Gasteiger partial charge is 0.191 e. The van der Waals surface area contributed by atoms with Crippen LogP contribution in [0.5, 0.6) is 5.75 Å². The van der Waals surface area contributed by atoms with Gasteiger partial charge in [0.2, 0.25) is 0 Å². The molecule has 1 aromatic heterocycles. The quantitative estimate of drug-likeness (QED) is 0.383. The Morgan fingerprint density at radius 1 is 1.24 bits per heavy atom. The van der Waals surface area contributed by atoms with E-state index in [2.05, 4.69) is 26.8 Å². The third-order valence-corrected chi connectivity index (χ3v) is 4.17. The van der Waals surface area contributed by atoms with Crippen LogP contribution in [0.2, 0.25) is 0 Å². The van der Waals surface area contributed by atoms with E-state index < -0.39 is 0 Å². The maximum atomic E-state index is 5.95. The molecule has 1 aliphatic carbocycles. The van der Waals surface area contributed by atoms with Crippen LogP contribution in [0.4, 0.5) is 0 Å². The minimum atomic E-state index is 0. The van der Waals surface area contributed by atoms with Crippen LogP contribution in [0.25, 0.3) is 0 Å². The summed E-state index contributed by atoms with van der Waals surface area (Å²) in [6.07, 6.45) is 4.39. The van der Waals surface area contributed by atoms with Crippen LogP contribution in [-0.4, -0.2) is 29.4 Å². The van der Waals surface area contributed by atoms with E-state index in [4.69, 9.17) is 4.74 Å². The van der Waals surface area contributed by atoms with Gasteiger partial charge >= 0.3 is 0 Å². The van der Waals surface area contributed by atoms with Crippen molar-refractivity contribution in [3.05, 3.63) is 47.8 Å². The van der Waals surface area contributed by atoms with Gasteiger partial charge in [-0.1, -0.05) is 18.2 Å². The molecule has 0 atom stereocenters. The van der Waals surface area contributed by atoms with Crippen molar-refractivity contribution in [1.29, 1.82) is 0 Å². The molecule has 0 aliphatic heterocycles. The molecule has 0 spiro atoms. The standard InChI is InChI=1S/C18H25N5O.HI/c1-19-18(21-12-16-9-10-22-23(16)2)20-11-15-5-3-4-6-17(15)24-13-14-7-8-14;/h3-6,9-10,14H,7-8,11-13H2,1-2H3,(H2,19,20,21);1H. The largest absolute Gasteiger partial charge is 0.493 e. The second-order valence-electron chi connectivity index (χ2n) is 6.09. The van der Waals surface area contributed by atoms with Crippen molar-refractivity contribution in [2.45, 2.75) is 25.9 Å². The minimum absolute atomic E-state index is 0. The molecule has 0 saturated heterocycles. The molecular weight excluding hydrogens is 429 g/mol. The summed E-state index contributed by atoms with van der Waals surface area (Å²) in [5.74, 6) is 2.46. The summed E-state index contributed by atoms with van der Waals surface area (Å²) >= 11 is 0. The minimum Gasteiger partial charge on any atom is -0.493 e. The molecule has 0 amide bonds. The second-order valence-corrected chi connectivity index (χ2v) is 6.09. The number of guanidine groups is 1. The summed E-state index contributed by atoms with van der Waals surface area (Å²) in [4.78, 5) is 4.27. The van der Waals surface area contributed by atoms with Crippen LogP contribution in [0.15, 0.2) is 41.5 Å². The number of aliphatic imine (C=N–C) groups is 1. The normalized spacial score (nSPS) is 13.9. The number of hydrogen-bond donors (Lipinski definition) is 2. The van der Waals surface area contributed by atoms with Gasteiger partial charge in [-0.15, -0.1) is 24.0 Å². The Morgan fingerprint density at radius 3 is 2.68 bits per heavy atom. The van der Waals surface area contributed by atoms with Crippen molar-refractivity contribution in [3.63, 3.8) is 0 Å². The molecule has 0 bridgehead atoms. The summed E-state index contributed by atoms with van der Waals surface area (Å²) in [6, 6.07) is 10.2. The molecule has 7 heteroatoms. The topological polar surface area (TPSA) is 63.5 Å². The van der Waals surface area contributed by atoms with Crippen LogP contribution in [0, 0.1) is 5.92 Å². The molecule has 0 radical (unpaired) electrons. The lowest BCUT2D eigenvalue weighted by molar-refractivity contribution is 0.296. The molecule has 1 heterocycles. The van der Waals surface area contributed by atoms with Crippen molar-refractivity contribution < 1.29 is 4.74 Å². The Hall–Kier alpha value is -1.77. The average Bonchev–Trinajstić information content (AvgIpc) is 3.35. The van der Waals surface area contributed by atoms with Crippen LogP contribution >= 0.6 is 24.0 Å². The SMILES string of the molecule is CN=C(NCc1ccccc1OCC1CC1)NCc1ccnn1C.I. The summed E-state index contributed by atoms with van der Waals surface area (Å²) in [5, 5.41) is 10.8. The van der Waals surface area contributed by atoms with Gasteiger partial charge in [-0.05, 0) is 30.9 Å². The van der Waals surface area contributed by atoms with E-state index in [0.717, 1.165) is 35.5 Å². The van der Waals surface area contributed by atoms with E-state index in [0.29, 0.717) is 13.1 Å². The highest BCUT2D eigenvalue weighted by molar-refractivity contribution is 14.0. The zero-order valence-corrected chi connectivity index (χ0v) is 17.1. The number of hydrogen-bond acceptors (Lipinski definition) is 3. The number of ether oxygens (including phenoxy) is 1. The number of para-hydroxylation sites is 1. The number of halogens is 1. The molecule has 1 aliphatic rings. The number of aryl methyl sites for hydroxylation is 1. The number of rotatable bonds is 7. The van der Waals surface area contributed by atoms with Gasteiger partial charge in [0.05, 0.1) is 18.8 Å². The lowest BCUT2D eigenvalue weighted by Gasteiger charge is -2.15. The van der Waals surface area contributed by atoms with E-state index >= 15 is 0 Å². The van der Waals surface area contributed by atoms with E-state index in [9.17, 15) is 0 Å². The lowest BCUT2D eigenvalue weighted by atomic mass is 10.2. The number of benzene rings is 1. The Bertz CT molecular complexity index is 696. The highest BCUT2D eigenvalue weighted by Crippen LogP contribution is 2.30. The van der Waals surface area contributed by atoms with Gasteiger partial charge in [0.25, 0.3) is 0 Å². The Kier molecular flexibility index (Phi) is 7.54. The van der Waals surface area contributed by atoms with E-state index in [1.165, 1.54) is 12.8 Å². The van der Waals surface area contributed by atoms with Crippen molar-refractivity contribution in [2.24, 2.45) is 18.0 Å². The average molecular weight is 455 g/mol. The first-order valence-electron chi connectivity index (χ1n) is 8.38.